The highest BCUT2D eigenvalue weighted by Crippen LogP contribution is 2.38. The van der Waals surface area contributed by atoms with Crippen LogP contribution in [0.15, 0.2) is 6.33 Å². The third-order valence-electron chi connectivity index (χ3n) is 3.10. The second-order valence-electron chi connectivity index (χ2n) is 4.18. The van der Waals surface area contributed by atoms with Crippen molar-refractivity contribution >= 4 is 27.4 Å². The first-order chi connectivity index (χ1) is 8.40. The lowest BCUT2D eigenvalue weighted by Crippen LogP contribution is -2.09. The number of aryl methyl sites for hydroxylation is 2. The number of rotatable bonds is 4. The first kappa shape index (κ1) is 10.9. The van der Waals surface area contributed by atoms with Gasteiger partial charge in [-0.1, -0.05) is 0 Å². The number of aromatic nitrogens is 2. The summed E-state index contributed by atoms with van der Waals surface area (Å²) in [5, 5.41) is 4.57. The van der Waals surface area contributed by atoms with Crippen LogP contribution in [0, 0.1) is 0 Å². The first-order valence-corrected chi connectivity index (χ1v) is 6.70. The lowest BCUT2D eigenvalue weighted by molar-refractivity contribution is 0.210. The maximum atomic E-state index is 5.05. The van der Waals surface area contributed by atoms with E-state index in [1.54, 1.807) is 13.4 Å². The number of nitrogens with one attached hydrogen (secondary N) is 1. The summed E-state index contributed by atoms with van der Waals surface area (Å²) in [4.78, 5) is 11.3. The Morgan fingerprint density at radius 3 is 3.24 bits per heavy atom. The van der Waals surface area contributed by atoms with Crippen LogP contribution in [0.1, 0.15) is 16.9 Å². The number of hydrogen-bond acceptors (Lipinski definition) is 5. The van der Waals surface area contributed by atoms with Crippen molar-refractivity contribution < 1.29 is 4.74 Å². The van der Waals surface area contributed by atoms with Crippen molar-refractivity contribution in [3.05, 3.63) is 16.8 Å². The monoisotopic (exact) mass is 249 g/mol. The number of anilines is 1. The summed E-state index contributed by atoms with van der Waals surface area (Å²) in [6, 6.07) is 0. The summed E-state index contributed by atoms with van der Waals surface area (Å²) in [5.74, 6) is 0.964. The second kappa shape index (κ2) is 4.58. The van der Waals surface area contributed by atoms with E-state index in [1.165, 1.54) is 35.1 Å². The molecule has 0 radical (unpaired) electrons. The van der Waals surface area contributed by atoms with Gasteiger partial charge in [0, 0.05) is 18.5 Å². The third-order valence-corrected chi connectivity index (χ3v) is 4.30. The van der Waals surface area contributed by atoms with E-state index >= 15 is 0 Å². The van der Waals surface area contributed by atoms with E-state index in [0.29, 0.717) is 6.61 Å². The Morgan fingerprint density at radius 2 is 2.35 bits per heavy atom. The van der Waals surface area contributed by atoms with Crippen LogP contribution in [-0.2, 0) is 17.6 Å². The zero-order chi connectivity index (χ0) is 11.7. The van der Waals surface area contributed by atoms with Crippen molar-refractivity contribution in [3.8, 4) is 0 Å². The highest BCUT2D eigenvalue weighted by molar-refractivity contribution is 7.19. The quantitative estimate of drug-likeness (QED) is 0.844. The molecule has 2 aromatic heterocycles. The molecule has 0 fully saturated rings. The predicted molar refractivity (Wildman–Crippen MR) is 69.8 cm³/mol. The number of hydrogen-bond donors (Lipinski definition) is 1. The van der Waals surface area contributed by atoms with Gasteiger partial charge in [0.25, 0.3) is 0 Å². The number of nitrogens with zero attached hydrogens (tertiary/aromatic N) is 2. The molecule has 1 aliphatic carbocycles. The molecule has 0 atom stereocenters. The molecule has 4 nitrogen and oxygen atoms in total. The van der Waals surface area contributed by atoms with Crippen molar-refractivity contribution in [2.45, 2.75) is 19.3 Å². The van der Waals surface area contributed by atoms with Crippen molar-refractivity contribution in [2.24, 2.45) is 0 Å². The lowest BCUT2D eigenvalue weighted by atomic mass is 10.2. The average molecular weight is 249 g/mol. The van der Waals surface area contributed by atoms with E-state index in [4.69, 9.17) is 4.74 Å². The molecule has 3 rings (SSSR count). The zero-order valence-electron chi connectivity index (χ0n) is 9.82. The van der Waals surface area contributed by atoms with Gasteiger partial charge in [-0.15, -0.1) is 11.3 Å². The molecule has 1 N–H and O–H groups in total. The number of fused-ring (bicyclic) bond motifs is 3. The van der Waals surface area contributed by atoms with E-state index < -0.39 is 0 Å². The van der Waals surface area contributed by atoms with Crippen LogP contribution in [0.3, 0.4) is 0 Å². The fourth-order valence-electron chi connectivity index (χ4n) is 2.33. The minimum atomic E-state index is 0.692. The van der Waals surface area contributed by atoms with Crippen molar-refractivity contribution in [1.29, 1.82) is 0 Å². The SMILES string of the molecule is COCCNc1ncnc2sc3c(c12)CCC3. The van der Waals surface area contributed by atoms with Gasteiger partial charge in [-0.25, -0.2) is 9.97 Å². The van der Waals surface area contributed by atoms with Crippen LogP contribution in [0.25, 0.3) is 10.2 Å². The van der Waals surface area contributed by atoms with Crippen LogP contribution in [0.2, 0.25) is 0 Å². The normalized spacial score (nSPS) is 14.2. The van der Waals surface area contributed by atoms with Gasteiger partial charge in [-0.3, -0.25) is 0 Å². The Bertz CT molecular complexity index is 538. The molecule has 0 saturated heterocycles. The van der Waals surface area contributed by atoms with Gasteiger partial charge < -0.3 is 10.1 Å². The molecule has 5 heteroatoms. The topological polar surface area (TPSA) is 47.0 Å². The Morgan fingerprint density at radius 1 is 1.41 bits per heavy atom. The van der Waals surface area contributed by atoms with Crippen LogP contribution >= 0.6 is 11.3 Å². The Hall–Kier alpha value is -1.20. The van der Waals surface area contributed by atoms with Crippen LogP contribution < -0.4 is 5.32 Å². The molecule has 0 amide bonds. The van der Waals surface area contributed by atoms with E-state index in [-0.39, 0.29) is 0 Å². The maximum Gasteiger partial charge on any atom is 0.138 e. The van der Waals surface area contributed by atoms with Gasteiger partial charge in [0.05, 0.1) is 12.0 Å². The fraction of sp³-hybridized carbons (Fsp3) is 0.500. The van der Waals surface area contributed by atoms with Crippen LogP contribution in [-0.4, -0.2) is 30.2 Å². The highest BCUT2D eigenvalue weighted by atomic mass is 32.1. The van der Waals surface area contributed by atoms with Gasteiger partial charge >= 0.3 is 0 Å². The number of thiophene rings is 1. The summed E-state index contributed by atoms with van der Waals surface area (Å²) in [7, 11) is 1.71. The van der Waals surface area contributed by atoms with Crippen molar-refractivity contribution in [3.63, 3.8) is 0 Å². The van der Waals surface area contributed by atoms with Gasteiger partial charge in [0.2, 0.25) is 0 Å². The fourth-order valence-corrected chi connectivity index (χ4v) is 3.56. The molecule has 2 heterocycles. The van der Waals surface area contributed by atoms with Crippen LogP contribution in [0.5, 0.6) is 0 Å². The summed E-state index contributed by atoms with van der Waals surface area (Å²) >= 11 is 1.82. The standard InChI is InChI=1S/C12H15N3OS/c1-16-6-5-13-11-10-8-3-2-4-9(8)17-12(10)15-7-14-11/h7H,2-6H2,1H3,(H,13,14,15). The zero-order valence-corrected chi connectivity index (χ0v) is 10.6. The van der Waals surface area contributed by atoms with Gasteiger partial charge in [0.15, 0.2) is 0 Å². The summed E-state index contributed by atoms with van der Waals surface area (Å²) in [5.41, 5.74) is 1.46. The molecule has 0 bridgehead atoms. The molecule has 1 aliphatic rings. The van der Waals surface area contributed by atoms with Gasteiger partial charge in [-0.2, -0.15) is 0 Å². The summed E-state index contributed by atoms with van der Waals surface area (Å²) < 4.78 is 5.05. The van der Waals surface area contributed by atoms with Crippen LogP contribution in [0.4, 0.5) is 5.82 Å². The molecule has 0 saturated carbocycles. The molecule has 17 heavy (non-hydrogen) atoms. The molecule has 0 aliphatic heterocycles. The molecular formula is C12H15N3OS. The third kappa shape index (κ3) is 1.89. The van der Waals surface area contributed by atoms with E-state index in [9.17, 15) is 0 Å². The largest absolute Gasteiger partial charge is 0.383 e. The van der Waals surface area contributed by atoms with Crippen molar-refractivity contribution in [1.82, 2.24) is 9.97 Å². The number of methoxy groups -OCH3 is 1. The average Bonchev–Trinajstić information content (AvgIpc) is 2.89. The molecular weight excluding hydrogens is 234 g/mol. The minimum absolute atomic E-state index is 0.692. The molecule has 2 aromatic rings. The summed E-state index contributed by atoms with van der Waals surface area (Å²) in [6.45, 7) is 1.48. The van der Waals surface area contributed by atoms with E-state index in [2.05, 4.69) is 15.3 Å². The summed E-state index contributed by atoms with van der Waals surface area (Å²) in [6.07, 6.45) is 5.28. The van der Waals surface area contributed by atoms with Crippen molar-refractivity contribution in [2.75, 3.05) is 25.6 Å². The molecule has 0 spiro atoms. The van der Waals surface area contributed by atoms with E-state index in [0.717, 1.165) is 17.2 Å². The lowest BCUT2D eigenvalue weighted by Gasteiger charge is -2.06. The van der Waals surface area contributed by atoms with Gasteiger partial charge in [-0.05, 0) is 24.8 Å². The van der Waals surface area contributed by atoms with E-state index in [1.807, 2.05) is 11.3 Å². The first-order valence-electron chi connectivity index (χ1n) is 5.88. The Balaban J connectivity index is 1.99. The minimum Gasteiger partial charge on any atom is -0.383 e. The molecule has 0 unspecified atom stereocenters. The second-order valence-corrected chi connectivity index (χ2v) is 5.26. The smallest absolute Gasteiger partial charge is 0.138 e. The maximum absolute atomic E-state index is 5.05. The molecule has 0 aromatic carbocycles. The Kier molecular flexibility index (Phi) is 2.94. The Labute approximate surface area is 104 Å². The highest BCUT2D eigenvalue weighted by Gasteiger charge is 2.20. The van der Waals surface area contributed by atoms with Gasteiger partial charge in [0.1, 0.15) is 17.0 Å². The number of ether oxygens (including phenoxy) is 1. The predicted octanol–water partition coefficient (Wildman–Crippen LogP) is 2.24. The molecule has 90 valence electrons.